The molecule has 2 N–H and O–H groups in total. The average molecular weight is 247 g/mol. The Kier molecular flexibility index (Phi) is 3.15. The number of carboxylic acids is 1. The smallest absolute Gasteiger partial charge is 0.475 e. The van der Waals surface area contributed by atoms with Crippen LogP contribution in [0.15, 0.2) is 0 Å². The van der Waals surface area contributed by atoms with Gasteiger partial charge in [0.25, 0.3) is 5.92 Å². The second-order valence-corrected chi connectivity index (χ2v) is 3.89. The Bertz CT molecular complexity index is 279. The van der Waals surface area contributed by atoms with Crippen LogP contribution in [0.25, 0.3) is 0 Å². The zero-order chi connectivity index (χ0) is 12.6. The Morgan fingerprint density at radius 2 is 1.62 bits per heavy atom. The molecule has 1 saturated carbocycles. The van der Waals surface area contributed by atoms with Crippen molar-refractivity contribution >= 4 is 5.97 Å². The minimum absolute atomic E-state index is 0.106. The zero-order valence-electron chi connectivity index (χ0n) is 8.07. The average Bonchev–Trinajstić information content (AvgIpc) is 1.98. The van der Waals surface area contributed by atoms with Crippen LogP contribution in [0.2, 0.25) is 0 Å². The van der Waals surface area contributed by atoms with E-state index in [1.165, 1.54) is 0 Å². The SMILES string of the molecule is FC1(F)CCC12CNC2.O=C(O)C(F)(F)F. The molecule has 1 spiro atoms. The summed E-state index contributed by atoms with van der Waals surface area (Å²) in [5.74, 6) is -5.11. The molecule has 0 atom stereocenters. The minimum atomic E-state index is -5.08. The molecule has 1 heterocycles. The minimum Gasteiger partial charge on any atom is -0.475 e. The predicted molar refractivity (Wildman–Crippen MR) is 43.2 cm³/mol. The van der Waals surface area contributed by atoms with Crippen LogP contribution in [0.5, 0.6) is 0 Å². The van der Waals surface area contributed by atoms with E-state index in [0.717, 1.165) is 0 Å². The summed E-state index contributed by atoms with van der Waals surface area (Å²) in [5.41, 5.74) is -0.604. The molecule has 0 aromatic rings. The van der Waals surface area contributed by atoms with Gasteiger partial charge in [0.2, 0.25) is 0 Å². The van der Waals surface area contributed by atoms with Gasteiger partial charge in [0.1, 0.15) is 0 Å². The van der Waals surface area contributed by atoms with Crippen LogP contribution in [0, 0.1) is 5.41 Å². The Hall–Kier alpha value is -0.920. The molecule has 0 bridgehead atoms. The molecule has 3 nitrogen and oxygen atoms in total. The van der Waals surface area contributed by atoms with Crippen LogP contribution in [0.3, 0.4) is 0 Å². The fraction of sp³-hybridized carbons (Fsp3) is 0.875. The van der Waals surface area contributed by atoms with Gasteiger partial charge in [0, 0.05) is 19.5 Å². The first kappa shape index (κ1) is 13.1. The molecule has 2 aliphatic rings. The van der Waals surface area contributed by atoms with E-state index in [0.29, 0.717) is 19.5 Å². The lowest BCUT2D eigenvalue weighted by atomic mass is 9.61. The third-order valence-electron chi connectivity index (χ3n) is 2.86. The zero-order valence-corrected chi connectivity index (χ0v) is 8.07. The molecule has 0 aromatic heterocycles. The molecule has 0 amide bonds. The van der Waals surface area contributed by atoms with Crippen molar-refractivity contribution in [3.8, 4) is 0 Å². The maximum absolute atomic E-state index is 12.6. The van der Waals surface area contributed by atoms with Crippen molar-refractivity contribution in [2.45, 2.75) is 24.9 Å². The van der Waals surface area contributed by atoms with Crippen molar-refractivity contribution in [3.05, 3.63) is 0 Å². The molecular weight excluding hydrogens is 237 g/mol. The van der Waals surface area contributed by atoms with Gasteiger partial charge in [-0.2, -0.15) is 13.2 Å². The largest absolute Gasteiger partial charge is 0.490 e. The number of aliphatic carboxylic acids is 1. The number of carboxylic acid groups (broad SMARTS) is 1. The molecule has 0 radical (unpaired) electrons. The highest BCUT2D eigenvalue weighted by Gasteiger charge is 2.64. The van der Waals surface area contributed by atoms with E-state index in [2.05, 4.69) is 5.32 Å². The van der Waals surface area contributed by atoms with Gasteiger partial charge in [0.15, 0.2) is 0 Å². The van der Waals surface area contributed by atoms with Crippen molar-refractivity contribution in [2.24, 2.45) is 5.41 Å². The molecule has 0 aromatic carbocycles. The van der Waals surface area contributed by atoms with Gasteiger partial charge in [-0.3, -0.25) is 0 Å². The molecule has 1 aliphatic carbocycles. The third kappa shape index (κ3) is 2.26. The third-order valence-corrected chi connectivity index (χ3v) is 2.86. The van der Waals surface area contributed by atoms with E-state index < -0.39 is 23.5 Å². The van der Waals surface area contributed by atoms with Crippen LogP contribution in [0.4, 0.5) is 22.0 Å². The summed E-state index contributed by atoms with van der Waals surface area (Å²) in [7, 11) is 0. The highest BCUT2D eigenvalue weighted by Crippen LogP contribution is 2.55. The predicted octanol–water partition coefficient (Wildman–Crippen LogP) is 1.64. The van der Waals surface area contributed by atoms with E-state index in [9.17, 15) is 22.0 Å². The van der Waals surface area contributed by atoms with Crippen LogP contribution >= 0.6 is 0 Å². The summed E-state index contributed by atoms with van der Waals surface area (Å²) in [5, 5.41) is 10.0. The first-order chi connectivity index (χ1) is 7.11. The second kappa shape index (κ2) is 3.83. The normalized spacial score (nSPS) is 24.8. The van der Waals surface area contributed by atoms with Crippen molar-refractivity contribution in [1.29, 1.82) is 0 Å². The number of hydrogen-bond donors (Lipinski definition) is 2. The highest BCUT2D eigenvalue weighted by atomic mass is 19.4. The maximum atomic E-state index is 12.6. The summed E-state index contributed by atoms with van der Waals surface area (Å²) >= 11 is 0. The summed E-state index contributed by atoms with van der Waals surface area (Å²) < 4.78 is 56.9. The Morgan fingerprint density at radius 1 is 1.19 bits per heavy atom. The van der Waals surface area contributed by atoms with E-state index in [1.807, 2.05) is 0 Å². The fourth-order valence-corrected chi connectivity index (χ4v) is 1.53. The molecule has 1 aliphatic heterocycles. The topological polar surface area (TPSA) is 49.3 Å². The highest BCUT2D eigenvalue weighted by molar-refractivity contribution is 5.73. The quantitative estimate of drug-likeness (QED) is 0.640. The lowest BCUT2D eigenvalue weighted by Gasteiger charge is -2.55. The van der Waals surface area contributed by atoms with Crippen molar-refractivity contribution in [2.75, 3.05) is 13.1 Å². The van der Waals surface area contributed by atoms with E-state index in [-0.39, 0.29) is 6.42 Å². The summed E-state index contributed by atoms with van der Waals surface area (Å²) in [4.78, 5) is 8.90. The number of halogens is 5. The number of nitrogens with one attached hydrogen (secondary N) is 1. The first-order valence-corrected chi connectivity index (χ1v) is 4.49. The van der Waals surface area contributed by atoms with Crippen LogP contribution in [0.1, 0.15) is 12.8 Å². The van der Waals surface area contributed by atoms with Gasteiger partial charge in [0.05, 0.1) is 5.41 Å². The van der Waals surface area contributed by atoms with Crippen LogP contribution < -0.4 is 5.32 Å². The number of alkyl halides is 5. The van der Waals surface area contributed by atoms with Gasteiger partial charge >= 0.3 is 12.1 Å². The standard InChI is InChI=1S/C6H9F2N.C2HF3O2/c7-6(8)2-1-5(6)3-9-4-5;3-2(4,5)1(6)7/h9H,1-4H2;(H,6,7). The maximum Gasteiger partial charge on any atom is 0.490 e. The van der Waals surface area contributed by atoms with Gasteiger partial charge in [-0.15, -0.1) is 0 Å². The molecule has 94 valence electrons. The Morgan fingerprint density at radius 3 is 1.62 bits per heavy atom. The van der Waals surface area contributed by atoms with E-state index >= 15 is 0 Å². The lowest BCUT2D eigenvalue weighted by Crippen LogP contribution is -2.68. The Labute approximate surface area is 87.6 Å². The number of hydrogen-bond acceptors (Lipinski definition) is 2. The number of rotatable bonds is 0. The summed E-state index contributed by atoms with van der Waals surface area (Å²) in [6, 6.07) is 0. The van der Waals surface area contributed by atoms with Crippen molar-refractivity contribution in [1.82, 2.24) is 5.32 Å². The second-order valence-electron chi connectivity index (χ2n) is 3.89. The van der Waals surface area contributed by atoms with Gasteiger partial charge in [-0.05, 0) is 6.42 Å². The summed E-state index contributed by atoms with van der Waals surface area (Å²) in [6.07, 6.45) is -4.26. The van der Waals surface area contributed by atoms with E-state index in [1.54, 1.807) is 0 Å². The summed E-state index contributed by atoms with van der Waals surface area (Å²) in [6.45, 7) is 1.06. The first-order valence-electron chi connectivity index (χ1n) is 4.49. The van der Waals surface area contributed by atoms with Crippen molar-refractivity contribution < 1.29 is 31.9 Å². The van der Waals surface area contributed by atoms with Crippen LogP contribution in [-0.4, -0.2) is 36.3 Å². The molecule has 16 heavy (non-hydrogen) atoms. The lowest BCUT2D eigenvalue weighted by molar-refractivity contribution is -0.222. The van der Waals surface area contributed by atoms with Crippen LogP contribution in [-0.2, 0) is 4.79 Å². The monoisotopic (exact) mass is 247 g/mol. The Balaban J connectivity index is 0.000000168. The van der Waals surface area contributed by atoms with Crippen molar-refractivity contribution in [3.63, 3.8) is 0 Å². The van der Waals surface area contributed by atoms with Gasteiger partial charge in [-0.25, -0.2) is 13.6 Å². The van der Waals surface area contributed by atoms with Gasteiger partial charge in [-0.1, -0.05) is 0 Å². The van der Waals surface area contributed by atoms with Gasteiger partial charge < -0.3 is 10.4 Å². The molecule has 2 rings (SSSR count). The number of carbonyl (C=O) groups is 1. The molecular formula is C8H10F5NO2. The molecule has 8 heteroatoms. The molecule has 1 saturated heterocycles. The fourth-order valence-electron chi connectivity index (χ4n) is 1.53. The van der Waals surface area contributed by atoms with E-state index in [4.69, 9.17) is 9.90 Å². The molecule has 0 unspecified atom stereocenters. The molecule has 2 fully saturated rings.